The first kappa shape index (κ1) is 13.8. The van der Waals surface area contributed by atoms with Gasteiger partial charge in [-0.3, -0.25) is 4.98 Å². The molecule has 1 fully saturated rings. The first-order valence-electron chi connectivity index (χ1n) is 7.49. The minimum Gasteiger partial charge on any atom is -0.261 e. The van der Waals surface area contributed by atoms with E-state index >= 15 is 0 Å². The Bertz CT molecular complexity index is 400. The number of hydrogen-bond acceptors (Lipinski definition) is 1. The summed E-state index contributed by atoms with van der Waals surface area (Å²) in [6.45, 7) is 9.52. The monoisotopic (exact) mass is 261 g/mol. The van der Waals surface area contributed by atoms with E-state index in [0.29, 0.717) is 0 Å². The van der Waals surface area contributed by atoms with E-state index in [4.69, 9.17) is 0 Å². The maximum atomic E-state index is 4.63. The highest BCUT2D eigenvalue weighted by Crippen LogP contribution is 2.28. The molecule has 0 N–H and O–H groups in total. The van der Waals surface area contributed by atoms with Crippen molar-refractivity contribution in [3.8, 4) is 0 Å². The molecule has 1 aromatic heterocycles. The zero-order chi connectivity index (χ0) is 13.2. The van der Waals surface area contributed by atoms with Gasteiger partial charge in [0.05, 0.1) is 8.07 Å². The summed E-state index contributed by atoms with van der Waals surface area (Å²) >= 11 is 0. The van der Waals surface area contributed by atoms with Gasteiger partial charge in [0.1, 0.15) is 0 Å². The number of hydrogen-bond donors (Lipinski definition) is 0. The molecule has 2 rings (SSSR count). The van der Waals surface area contributed by atoms with Crippen molar-refractivity contribution in [3.63, 3.8) is 0 Å². The highest BCUT2D eigenvalue weighted by molar-refractivity contribution is 6.89. The molecule has 1 nitrogen and oxygen atoms in total. The van der Waals surface area contributed by atoms with E-state index in [-0.39, 0.29) is 0 Å². The van der Waals surface area contributed by atoms with Gasteiger partial charge in [0.25, 0.3) is 0 Å². The van der Waals surface area contributed by atoms with E-state index in [1.165, 1.54) is 37.8 Å². The molecule has 0 aliphatic heterocycles. The van der Waals surface area contributed by atoms with Gasteiger partial charge in [0.2, 0.25) is 0 Å². The SMILES string of the molecule is CCc1cc(CC2CCCC2)c([Si](C)(C)C)cn1. The fraction of sp³-hybridized carbons (Fsp3) is 0.688. The van der Waals surface area contributed by atoms with E-state index in [1.807, 2.05) is 0 Å². The van der Waals surface area contributed by atoms with Gasteiger partial charge in [-0.05, 0) is 35.6 Å². The van der Waals surface area contributed by atoms with E-state index in [2.05, 4.69) is 43.8 Å². The minimum absolute atomic E-state index is 0.937. The van der Waals surface area contributed by atoms with Crippen molar-refractivity contribution in [3.05, 3.63) is 23.5 Å². The second-order valence-electron chi connectivity index (χ2n) is 6.79. The van der Waals surface area contributed by atoms with Gasteiger partial charge >= 0.3 is 0 Å². The largest absolute Gasteiger partial charge is 0.261 e. The lowest BCUT2D eigenvalue weighted by Crippen LogP contribution is -2.41. The summed E-state index contributed by atoms with van der Waals surface area (Å²) in [6.07, 6.45) is 10.3. The van der Waals surface area contributed by atoms with Crippen LogP contribution < -0.4 is 5.19 Å². The Morgan fingerprint density at radius 2 is 1.89 bits per heavy atom. The molecule has 1 saturated carbocycles. The van der Waals surface area contributed by atoms with Gasteiger partial charge in [-0.2, -0.15) is 0 Å². The molecule has 2 heteroatoms. The van der Waals surface area contributed by atoms with Crippen molar-refractivity contribution in [2.75, 3.05) is 0 Å². The van der Waals surface area contributed by atoms with E-state index in [0.717, 1.165) is 12.3 Å². The predicted molar refractivity (Wildman–Crippen MR) is 82.3 cm³/mol. The molecule has 1 aliphatic rings. The standard InChI is InChI=1S/C16H27NSi/c1-5-15-11-14(10-13-8-6-7-9-13)16(12-17-15)18(2,3)4/h11-13H,5-10H2,1-4H3. The number of rotatable bonds is 4. The summed E-state index contributed by atoms with van der Waals surface area (Å²) in [7, 11) is -1.25. The average Bonchev–Trinajstić information content (AvgIpc) is 2.80. The molecular weight excluding hydrogens is 234 g/mol. The van der Waals surface area contributed by atoms with Gasteiger partial charge in [-0.1, -0.05) is 52.2 Å². The second kappa shape index (κ2) is 5.56. The van der Waals surface area contributed by atoms with Crippen LogP contribution in [0.15, 0.2) is 12.3 Å². The molecule has 100 valence electrons. The Morgan fingerprint density at radius 1 is 1.22 bits per heavy atom. The Balaban J connectivity index is 2.28. The number of aromatic nitrogens is 1. The molecule has 0 radical (unpaired) electrons. The zero-order valence-electron chi connectivity index (χ0n) is 12.4. The van der Waals surface area contributed by atoms with Gasteiger partial charge in [0.15, 0.2) is 0 Å². The van der Waals surface area contributed by atoms with Crippen molar-refractivity contribution < 1.29 is 0 Å². The third-order valence-corrected chi connectivity index (χ3v) is 6.27. The second-order valence-corrected chi connectivity index (χ2v) is 11.8. The molecule has 0 spiro atoms. The zero-order valence-corrected chi connectivity index (χ0v) is 13.4. The lowest BCUT2D eigenvalue weighted by molar-refractivity contribution is 0.547. The van der Waals surface area contributed by atoms with Crippen LogP contribution in [0.5, 0.6) is 0 Å². The maximum Gasteiger partial charge on any atom is 0.0799 e. The predicted octanol–water partition coefficient (Wildman–Crippen LogP) is 3.92. The number of aryl methyl sites for hydroxylation is 1. The van der Waals surface area contributed by atoms with Crippen molar-refractivity contribution in [1.82, 2.24) is 4.98 Å². The smallest absolute Gasteiger partial charge is 0.0799 e. The third kappa shape index (κ3) is 3.22. The van der Waals surface area contributed by atoms with Gasteiger partial charge in [0, 0.05) is 11.9 Å². The maximum absolute atomic E-state index is 4.63. The Morgan fingerprint density at radius 3 is 2.44 bits per heavy atom. The van der Waals surface area contributed by atoms with Crippen LogP contribution in [0.25, 0.3) is 0 Å². The van der Waals surface area contributed by atoms with Gasteiger partial charge in [-0.15, -0.1) is 0 Å². The third-order valence-electron chi connectivity index (χ3n) is 4.20. The first-order valence-corrected chi connectivity index (χ1v) is 11.0. The Kier molecular flexibility index (Phi) is 4.26. The molecule has 0 unspecified atom stereocenters. The number of pyridine rings is 1. The van der Waals surface area contributed by atoms with Gasteiger partial charge < -0.3 is 0 Å². The summed E-state index contributed by atoms with van der Waals surface area (Å²) in [5, 5.41) is 1.59. The Labute approximate surface area is 113 Å². The van der Waals surface area contributed by atoms with Crippen LogP contribution in [0.2, 0.25) is 19.6 Å². The molecule has 0 saturated heterocycles. The van der Waals surface area contributed by atoms with Crippen molar-refractivity contribution >= 4 is 13.3 Å². The summed E-state index contributed by atoms with van der Waals surface area (Å²) in [6, 6.07) is 2.39. The molecule has 18 heavy (non-hydrogen) atoms. The molecule has 1 heterocycles. The molecule has 0 bridgehead atoms. The van der Waals surface area contributed by atoms with Crippen LogP contribution in [-0.2, 0) is 12.8 Å². The topological polar surface area (TPSA) is 12.9 Å². The Hall–Kier alpha value is -0.633. The highest BCUT2D eigenvalue weighted by Gasteiger charge is 2.23. The lowest BCUT2D eigenvalue weighted by Gasteiger charge is -2.22. The molecule has 0 amide bonds. The lowest BCUT2D eigenvalue weighted by atomic mass is 9.98. The van der Waals surface area contributed by atoms with Crippen molar-refractivity contribution in [2.45, 2.75) is 65.1 Å². The molecule has 1 aliphatic carbocycles. The fourth-order valence-corrected chi connectivity index (χ4v) is 4.70. The van der Waals surface area contributed by atoms with Gasteiger partial charge in [-0.25, -0.2) is 0 Å². The van der Waals surface area contributed by atoms with Crippen molar-refractivity contribution in [2.24, 2.45) is 5.92 Å². The number of nitrogens with zero attached hydrogens (tertiary/aromatic N) is 1. The minimum atomic E-state index is -1.25. The van der Waals surface area contributed by atoms with Crippen LogP contribution in [0.3, 0.4) is 0 Å². The van der Waals surface area contributed by atoms with E-state index < -0.39 is 8.07 Å². The normalized spacial score (nSPS) is 17.3. The van der Waals surface area contributed by atoms with Crippen LogP contribution in [-0.4, -0.2) is 13.1 Å². The van der Waals surface area contributed by atoms with Crippen LogP contribution in [0.4, 0.5) is 0 Å². The quantitative estimate of drug-likeness (QED) is 0.749. The average molecular weight is 261 g/mol. The highest BCUT2D eigenvalue weighted by atomic mass is 28.3. The summed E-state index contributed by atoms with van der Waals surface area (Å²) in [5.41, 5.74) is 2.89. The van der Waals surface area contributed by atoms with Crippen LogP contribution in [0.1, 0.15) is 43.9 Å². The molecule has 1 aromatic rings. The molecule has 0 aromatic carbocycles. The summed E-state index contributed by atoms with van der Waals surface area (Å²) in [5.74, 6) is 0.937. The fourth-order valence-electron chi connectivity index (χ4n) is 3.11. The van der Waals surface area contributed by atoms with Crippen LogP contribution >= 0.6 is 0 Å². The summed E-state index contributed by atoms with van der Waals surface area (Å²) in [4.78, 5) is 4.63. The van der Waals surface area contributed by atoms with E-state index in [1.54, 1.807) is 10.8 Å². The van der Waals surface area contributed by atoms with Crippen molar-refractivity contribution in [1.29, 1.82) is 0 Å². The van der Waals surface area contributed by atoms with E-state index in [9.17, 15) is 0 Å². The first-order chi connectivity index (χ1) is 8.50. The van der Waals surface area contributed by atoms with Crippen LogP contribution in [0, 0.1) is 5.92 Å². The molecular formula is C16H27NSi. The molecule has 0 atom stereocenters. The summed E-state index contributed by atoms with van der Waals surface area (Å²) < 4.78 is 0.